The zero-order chi connectivity index (χ0) is 15.1. The molecule has 6 N–H and O–H groups in total. The Hall–Kier alpha value is -1.75. The molecule has 0 heterocycles. The van der Waals surface area contributed by atoms with Crippen LogP contribution in [-0.4, -0.2) is 22.8 Å². The van der Waals surface area contributed by atoms with E-state index in [1.54, 1.807) is 0 Å². The Labute approximate surface area is 131 Å². The van der Waals surface area contributed by atoms with E-state index in [2.05, 4.69) is 0 Å². The summed E-state index contributed by atoms with van der Waals surface area (Å²) in [4.78, 5) is 0. The molecule has 1 aliphatic rings. The minimum absolute atomic E-state index is 0. The predicted octanol–water partition coefficient (Wildman–Crippen LogP) is 2.78. The van der Waals surface area contributed by atoms with E-state index in [0.29, 0.717) is 6.04 Å². The van der Waals surface area contributed by atoms with Gasteiger partial charge in [-0.3, -0.25) is 0 Å². The van der Waals surface area contributed by atoms with Gasteiger partial charge in [0, 0.05) is 12.3 Å². The topological polar surface area (TPSA) is 102 Å². The summed E-state index contributed by atoms with van der Waals surface area (Å²) in [6.45, 7) is 0.0405. The van der Waals surface area contributed by atoms with Crippen LogP contribution in [0, 0.1) is 5.41 Å². The van der Waals surface area contributed by atoms with Gasteiger partial charge in [0.2, 0.25) is 0 Å². The third-order valence-corrected chi connectivity index (χ3v) is 4.02. The van der Waals surface area contributed by atoms with Gasteiger partial charge >= 0.3 is 0 Å². The molecule has 0 saturated heterocycles. The van der Waals surface area contributed by atoms with Crippen LogP contribution in [0.3, 0.4) is 0 Å². The molecule has 0 aromatic heterocycles. The molecule has 0 bridgehead atoms. The maximum Gasteiger partial charge on any atom is 0.0687 e. The molecule has 1 aliphatic carbocycles. The number of rotatable bonds is 2. The molecule has 0 radical (unpaired) electrons. The second kappa shape index (κ2) is 9.30. The van der Waals surface area contributed by atoms with Gasteiger partial charge in [0.05, 0.1) is 6.61 Å². The van der Waals surface area contributed by atoms with Crippen molar-refractivity contribution >= 4 is 17.0 Å². The summed E-state index contributed by atoms with van der Waals surface area (Å²) in [6, 6.07) is 12.1. The van der Waals surface area contributed by atoms with E-state index in [1.807, 2.05) is 36.4 Å². The van der Waals surface area contributed by atoms with Crippen molar-refractivity contribution in [1.82, 2.24) is 0 Å². The maximum absolute atomic E-state index is 9.14. The molecule has 0 unspecified atom stereocenters. The molecular formula is C18H26N2O2. The SMILES string of the molecule is N=Cc1ccc(CO)c2ccccc12.NC1CCCCC1.O. The molecule has 3 rings (SSSR count). The Morgan fingerprint density at radius 1 is 1.05 bits per heavy atom. The molecular weight excluding hydrogens is 276 g/mol. The van der Waals surface area contributed by atoms with E-state index < -0.39 is 0 Å². The van der Waals surface area contributed by atoms with Crippen LogP contribution in [0.5, 0.6) is 0 Å². The monoisotopic (exact) mass is 302 g/mol. The van der Waals surface area contributed by atoms with Crippen LogP contribution in [-0.2, 0) is 6.61 Å². The Morgan fingerprint density at radius 2 is 1.68 bits per heavy atom. The fourth-order valence-electron chi connectivity index (χ4n) is 2.78. The van der Waals surface area contributed by atoms with Gasteiger partial charge in [0.25, 0.3) is 0 Å². The lowest BCUT2D eigenvalue weighted by Crippen LogP contribution is -2.22. The maximum atomic E-state index is 9.14. The number of aliphatic hydroxyl groups excluding tert-OH is 1. The van der Waals surface area contributed by atoms with E-state index in [4.69, 9.17) is 16.2 Å². The first kappa shape index (κ1) is 18.3. The largest absolute Gasteiger partial charge is 0.412 e. The lowest BCUT2D eigenvalue weighted by molar-refractivity contribution is 0.283. The summed E-state index contributed by atoms with van der Waals surface area (Å²) < 4.78 is 0. The van der Waals surface area contributed by atoms with Gasteiger partial charge in [-0.15, -0.1) is 0 Å². The minimum Gasteiger partial charge on any atom is -0.412 e. The van der Waals surface area contributed by atoms with Gasteiger partial charge < -0.3 is 21.7 Å². The van der Waals surface area contributed by atoms with E-state index in [1.165, 1.54) is 38.3 Å². The summed E-state index contributed by atoms with van der Waals surface area (Å²) >= 11 is 0. The van der Waals surface area contributed by atoms with Gasteiger partial charge in [-0.25, -0.2) is 0 Å². The molecule has 22 heavy (non-hydrogen) atoms. The zero-order valence-corrected chi connectivity index (χ0v) is 12.9. The van der Waals surface area contributed by atoms with E-state index in [9.17, 15) is 0 Å². The highest BCUT2D eigenvalue weighted by atomic mass is 16.3. The van der Waals surface area contributed by atoms with Crippen molar-refractivity contribution in [2.75, 3.05) is 0 Å². The van der Waals surface area contributed by atoms with Crippen molar-refractivity contribution in [3.63, 3.8) is 0 Å². The fraction of sp³-hybridized carbons (Fsp3) is 0.389. The molecule has 0 atom stereocenters. The van der Waals surface area contributed by atoms with Gasteiger partial charge in [-0.05, 0) is 34.7 Å². The highest BCUT2D eigenvalue weighted by Gasteiger charge is 2.06. The Bertz CT molecular complexity index is 593. The van der Waals surface area contributed by atoms with Gasteiger partial charge in [-0.1, -0.05) is 55.7 Å². The van der Waals surface area contributed by atoms with Crippen molar-refractivity contribution < 1.29 is 10.6 Å². The van der Waals surface area contributed by atoms with Crippen LogP contribution in [0.4, 0.5) is 0 Å². The molecule has 1 fully saturated rings. The lowest BCUT2D eigenvalue weighted by Gasteiger charge is -2.15. The van der Waals surface area contributed by atoms with Crippen molar-refractivity contribution in [2.24, 2.45) is 5.73 Å². The molecule has 2 aromatic carbocycles. The Kier molecular flexibility index (Phi) is 7.74. The molecule has 4 nitrogen and oxygen atoms in total. The van der Waals surface area contributed by atoms with Crippen LogP contribution in [0.1, 0.15) is 43.2 Å². The number of nitrogens with two attached hydrogens (primary N) is 1. The average molecular weight is 302 g/mol. The van der Waals surface area contributed by atoms with Crippen LogP contribution in [0.25, 0.3) is 10.8 Å². The zero-order valence-electron chi connectivity index (χ0n) is 12.9. The van der Waals surface area contributed by atoms with E-state index in [0.717, 1.165) is 21.9 Å². The van der Waals surface area contributed by atoms with Crippen LogP contribution in [0.15, 0.2) is 36.4 Å². The fourth-order valence-corrected chi connectivity index (χ4v) is 2.78. The first-order chi connectivity index (χ1) is 10.3. The number of hydrogen-bond acceptors (Lipinski definition) is 3. The molecule has 120 valence electrons. The molecule has 0 aliphatic heterocycles. The van der Waals surface area contributed by atoms with Crippen LogP contribution >= 0.6 is 0 Å². The second-order valence-corrected chi connectivity index (χ2v) is 5.56. The van der Waals surface area contributed by atoms with E-state index >= 15 is 0 Å². The number of nitrogens with one attached hydrogen (secondary N) is 1. The van der Waals surface area contributed by atoms with Crippen LogP contribution < -0.4 is 5.73 Å². The first-order valence-corrected chi connectivity index (χ1v) is 7.63. The summed E-state index contributed by atoms with van der Waals surface area (Å²) in [5, 5.41) is 18.5. The summed E-state index contributed by atoms with van der Waals surface area (Å²) in [6.07, 6.45) is 8.00. The Balaban J connectivity index is 0.000000258. The summed E-state index contributed by atoms with van der Waals surface area (Å²) in [7, 11) is 0. The average Bonchev–Trinajstić information content (AvgIpc) is 2.55. The summed E-state index contributed by atoms with van der Waals surface area (Å²) in [5.74, 6) is 0. The van der Waals surface area contributed by atoms with Gasteiger partial charge in [0.1, 0.15) is 0 Å². The highest BCUT2D eigenvalue weighted by molar-refractivity contribution is 6.00. The summed E-state index contributed by atoms with van der Waals surface area (Å²) in [5.41, 5.74) is 7.43. The van der Waals surface area contributed by atoms with Crippen molar-refractivity contribution in [1.29, 1.82) is 5.41 Å². The highest BCUT2D eigenvalue weighted by Crippen LogP contribution is 2.21. The quantitative estimate of drug-likeness (QED) is 0.743. The van der Waals surface area contributed by atoms with E-state index in [-0.39, 0.29) is 12.1 Å². The molecule has 0 amide bonds. The Morgan fingerprint density at radius 3 is 2.18 bits per heavy atom. The number of fused-ring (bicyclic) bond motifs is 1. The van der Waals surface area contributed by atoms with Crippen LogP contribution in [0.2, 0.25) is 0 Å². The minimum atomic E-state index is 0. The normalized spacial score (nSPS) is 14.6. The third kappa shape index (κ3) is 4.63. The van der Waals surface area contributed by atoms with Gasteiger partial charge in [0.15, 0.2) is 0 Å². The van der Waals surface area contributed by atoms with Crippen molar-refractivity contribution in [2.45, 2.75) is 44.8 Å². The molecule has 4 heteroatoms. The number of aliphatic hydroxyl groups is 1. The standard InChI is InChI=1S/C12H11NO.C6H13N.H2O/c13-7-9-5-6-10(8-14)12-4-2-1-3-11(9)12;7-6-4-2-1-3-5-6;/h1-7,13-14H,8H2;6H,1-5,7H2;1H2. The molecule has 2 aromatic rings. The predicted molar refractivity (Wildman–Crippen MR) is 92.4 cm³/mol. The van der Waals surface area contributed by atoms with Crippen molar-refractivity contribution in [3.05, 3.63) is 47.5 Å². The number of benzene rings is 2. The molecule has 1 saturated carbocycles. The molecule has 0 spiro atoms. The lowest BCUT2D eigenvalue weighted by atomic mass is 9.97. The number of hydrogen-bond donors (Lipinski definition) is 3. The van der Waals surface area contributed by atoms with Gasteiger partial charge in [-0.2, -0.15) is 0 Å². The first-order valence-electron chi connectivity index (χ1n) is 7.63. The second-order valence-electron chi connectivity index (χ2n) is 5.56. The third-order valence-electron chi connectivity index (χ3n) is 4.02. The van der Waals surface area contributed by atoms with Crippen molar-refractivity contribution in [3.8, 4) is 0 Å². The smallest absolute Gasteiger partial charge is 0.0687 e.